The van der Waals surface area contributed by atoms with E-state index in [9.17, 15) is 13.2 Å². The fraction of sp³-hybridized carbons (Fsp3) is 0.350. The fourth-order valence-corrected chi connectivity index (χ4v) is 4.22. The van der Waals surface area contributed by atoms with Crippen LogP contribution >= 0.6 is 0 Å². The summed E-state index contributed by atoms with van der Waals surface area (Å²) in [4.78, 5) is 14.3. The van der Waals surface area contributed by atoms with Gasteiger partial charge in [0.15, 0.2) is 0 Å². The lowest BCUT2D eigenvalue weighted by atomic mass is 10.0. The van der Waals surface area contributed by atoms with E-state index in [-0.39, 0.29) is 11.7 Å². The Morgan fingerprint density at radius 1 is 0.885 bits per heavy atom. The van der Waals surface area contributed by atoms with E-state index in [1.165, 1.54) is 4.31 Å². The van der Waals surface area contributed by atoms with E-state index in [1.54, 1.807) is 11.8 Å². The second-order valence-corrected chi connectivity index (χ2v) is 8.68. The molecule has 6 heteroatoms. The molecule has 2 aromatic rings. The van der Waals surface area contributed by atoms with Crippen LogP contribution in [0.25, 0.3) is 11.1 Å². The number of benzene rings is 2. The molecule has 1 saturated heterocycles. The van der Waals surface area contributed by atoms with Crippen molar-refractivity contribution in [3.63, 3.8) is 0 Å². The van der Waals surface area contributed by atoms with Crippen LogP contribution in [0.3, 0.4) is 0 Å². The molecule has 1 amide bonds. The molecule has 26 heavy (non-hydrogen) atoms. The Kier molecular flexibility index (Phi) is 5.74. The number of carbonyl (C=O) groups is 1. The molecular weight excluding hydrogens is 348 g/mol. The topological polar surface area (TPSA) is 57.7 Å². The Bertz CT molecular complexity index is 840. The van der Waals surface area contributed by atoms with E-state index in [2.05, 4.69) is 12.1 Å². The van der Waals surface area contributed by atoms with Gasteiger partial charge >= 0.3 is 0 Å². The van der Waals surface area contributed by atoms with Gasteiger partial charge in [-0.05, 0) is 23.6 Å². The van der Waals surface area contributed by atoms with Crippen molar-refractivity contribution in [2.45, 2.75) is 13.3 Å². The molecule has 1 heterocycles. The summed E-state index contributed by atoms with van der Waals surface area (Å²) in [6.07, 6.45) is 0.343. The number of sulfonamides is 1. The summed E-state index contributed by atoms with van der Waals surface area (Å²) in [7, 11) is -3.17. The van der Waals surface area contributed by atoms with E-state index in [1.807, 2.05) is 42.5 Å². The molecule has 0 atom stereocenters. The fourth-order valence-electron chi connectivity index (χ4n) is 3.13. The molecule has 0 spiro atoms. The predicted octanol–water partition coefficient (Wildman–Crippen LogP) is 2.39. The van der Waals surface area contributed by atoms with Crippen LogP contribution in [0.4, 0.5) is 0 Å². The zero-order valence-electron chi connectivity index (χ0n) is 15.0. The van der Waals surface area contributed by atoms with Gasteiger partial charge in [0.2, 0.25) is 15.9 Å². The van der Waals surface area contributed by atoms with Crippen LogP contribution in [0.2, 0.25) is 0 Å². The SMILES string of the molecule is CCS(=O)(=O)N1CCN(C(=O)Cc2ccc(-c3ccccc3)cc2)CC1. The smallest absolute Gasteiger partial charge is 0.227 e. The lowest BCUT2D eigenvalue weighted by Gasteiger charge is -2.33. The van der Waals surface area contributed by atoms with Crippen molar-refractivity contribution in [2.75, 3.05) is 31.9 Å². The average molecular weight is 372 g/mol. The summed E-state index contributed by atoms with van der Waals surface area (Å²) in [6.45, 7) is 3.33. The van der Waals surface area contributed by atoms with Crippen LogP contribution in [-0.4, -0.2) is 55.5 Å². The Hall–Kier alpha value is -2.18. The third-order valence-electron chi connectivity index (χ3n) is 4.77. The van der Waals surface area contributed by atoms with Gasteiger partial charge in [0, 0.05) is 26.2 Å². The maximum Gasteiger partial charge on any atom is 0.227 e. The van der Waals surface area contributed by atoms with Crippen molar-refractivity contribution in [1.82, 2.24) is 9.21 Å². The first-order valence-electron chi connectivity index (χ1n) is 8.89. The molecule has 0 unspecified atom stereocenters. The van der Waals surface area contributed by atoms with Gasteiger partial charge in [0.25, 0.3) is 0 Å². The lowest BCUT2D eigenvalue weighted by molar-refractivity contribution is -0.131. The molecule has 1 aliphatic rings. The molecule has 0 aliphatic carbocycles. The number of rotatable bonds is 5. The van der Waals surface area contributed by atoms with Gasteiger partial charge in [-0.15, -0.1) is 0 Å². The molecule has 2 aromatic carbocycles. The third-order valence-corrected chi connectivity index (χ3v) is 6.65. The standard InChI is InChI=1S/C20H24N2O3S/c1-2-26(24,25)22-14-12-21(13-15-22)20(23)16-17-8-10-19(11-9-17)18-6-4-3-5-7-18/h3-11H,2,12-16H2,1H3. The quantitative estimate of drug-likeness (QED) is 0.810. The highest BCUT2D eigenvalue weighted by molar-refractivity contribution is 7.89. The first-order valence-corrected chi connectivity index (χ1v) is 10.5. The monoisotopic (exact) mass is 372 g/mol. The largest absolute Gasteiger partial charge is 0.340 e. The molecule has 0 saturated carbocycles. The number of hydrogen-bond donors (Lipinski definition) is 0. The molecule has 0 radical (unpaired) electrons. The molecule has 0 bridgehead atoms. The second-order valence-electron chi connectivity index (χ2n) is 6.42. The Morgan fingerprint density at radius 2 is 1.46 bits per heavy atom. The summed E-state index contributed by atoms with van der Waals surface area (Å²) in [5.74, 6) is 0.153. The first kappa shape index (κ1) is 18.6. The highest BCUT2D eigenvalue weighted by Gasteiger charge is 2.27. The van der Waals surface area contributed by atoms with Gasteiger partial charge in [0.1, 0.15) is 0 Å². The molecule has 0 aromatic heterocycles. The molecular formula is C20H24N2O3S. The van der Waals surface area contributed by atoms with Crippen molar-refractivity contribution in [1.29, 1.82) is 0 Å². The second kappa shape index (κ2) is 8.01. The number of nitrogens with zero attached hydrogens (tertiary/aromatic N) is 2. The van der Waals surface area contributed by atoms with E-state index in [0.717, 1.165) is 16.7 Å². The van der Waals surface area contributed by atoms with E-state index < -0.39 is 10.0 Å². The van der Waals surface area contributed by atoms with E-state index >= 15 is 0 Å². The minimum Gasteiger partial charge on any atom is -0.340 e. The molecule has 5 nitrogen and oxygen atoms in total. The summed E-state index contributed by atoms with van der Waals surface area (Å²) in [5.41, 5.74) is 3.25. The zero-order chi connectivity index (χ0) is 18.6. The molecule has 0 N–H and O–H groups in total. The van der Waals surface area contributed by atoms with Crippen LogP contribution in [0, 0.1) is 0 Å². The highest BCUT2D eigenvalue weighted by Crippen LogP contribution is 2.20. The third kappa shape index (κ3) is 4.31. The normalized spacial score (nSPS) is 15.8. The lowest BCUT2D eigenvalue weighted by Crippen LogP contribution is -2.51. The van der Waals surface area contributed by atoms with Crippen molar-refractivity contribution >= 4 is 15.9 Å². The summed E-state index contributed by atoms with van der Waals surface area (Å²) >= 11 is 0. The minimum absolute atomic E-state index is 0.0472. The Balaban J connectivity index is 1.57. The van der Waals surface area contributed by atoms with Gasteiger partial charge in [0.05, 0.1) is 12.2 Å². The average Bonchev–Trinajstić information content (AvgIpc) is 2.69. The van der Waals surface area contributed by atoms with E-state index in [4.69, 9.17) is 0 Å². The Morgan fingerprint density at radius 3 is 2.04 bits per heavy atom. The number of carbonyl (C=O) groups excluding carboxylic acids is 1. The van der Waals surface area contributed by atoms with Crippen LogP contribution in [0.1, 0.15) is 12.5 Å². The van der Waals surface area contributed by atoms with Gasteiger partial charge in [-0.2, -0.15) is 4.31 Å². The molecule has 138 valence electrons. The Labute approximate surface area is 155 Å². The number of hydrogen-bond acceptors (Lipinski definition) is 3. The first-order chi connectivity index (χ1) is 12.5. The van der Waals surface area contributed by atoms with Crippen molar-refractivity contribution in [3.8, 4) is 11.1 Å². The minimum atomic E-state index is -3.17. The van der Waals surface area contributed by atoms with Crippen LogP contribution in [0.15, 0.2) is 54.6 Å². The van der Waals surface area contributed by atoms with Crippen LogP contribution in [-0.2, 0) is 21.2 Å². The van der Waals surface area contributed by atoms with E-state index in [0.29, 0.717) is 32.6 Å². The predicted molar refractivity (Wildman–Crippen MR) is 103 cm³/mol. The van der Waals surface area contributed by atoms with Crippen molar-refractivity contribution < 1.29 is 13.2 Å². The van der Waals surface area contributed by atoms with Gasteiger partial charge in [-0.1, -0.05) is 54.6 Å². The zero-order valence-corrected chi connectivity index (χ0v) is 15.8. The van der Waals surface area contributed by atoms with Crippen LogP contribution in [0.5, 0.6) is 0 Å². The molecule has 1 aliphatic heterocycles. The number of piperazine rings is 1. The van der Waals surface area contributed by atoms with Crippen LogP contribution < -0.4 is 0 Å². The molecule has 1 fully saturated rings. The highest BCUT2D eigenvalue weighted by atomic mass is 32.2. The van der Waals surface area contributed by atoms with Gasteiger partial charge in [-0.3, -0.25) is 4.79 Å². The summed E-state index contributed by atoms with van der Waals surface area (Å²) in [5, 5.41) is 0. The van der Waals surface area contributed by atoms with Gasteiger partial charge in [-0.25, -0.2) is 8.42 Å². The van der Waals surface area contributed by atoms with Crippen molar-refractivity contribution in [3.05, 3.63) is 60.2 Å². The maximum absolute atomic E-state index is 12.5. The number of amides is 1. The van der Waals surface area contributed by atoms with Gasteiger partial charge < -0.3 is 4.90 Å². The molecule has 3 rings (SSSR count). The summed E-state index contributed by atoms with van der Waals surface area (Å²) < 4.78 is 25.3. The maximum atomic E-state index is 12.5. The van der Waals surface area contributed by atoms with Crippen molar-refractivity contribution in [2.24, 2.45) is 0 Å². The summed E-state index contributed by atoms with van der Waals surface area (Å²) in [6, 6.07) is 18.1.